The monoisotopic (exact) mass is 256 g/mol. The van der Waals surface area contributed by atoms with E-state index in [2.05, 4.69) is 5.32 Å². The number of carboxylic acids is 1. The summed E-state index contributed by atoms with van der Waals surface area (Å²) in [4.78, 5) is 24.6. The first-order valence-corrected chi connectivity index (χ1v) is 6.75. The minimum atomic E-state index is -0.768. The standard InChI is InChI=1S/C13H24N2O3/c1-3-14-10(2)7-12(16)15-6-4-5-11(9-15)8-13(17)18/h10-11,14H,3-9H2,1-2H3,(H,17,18). The molecule has 1 fully saturated rings. The molecule has 0 spiro atoms. The Kier molecular flexibility index (Phi) is 6.12. The summed E-state index contributed by atoms with van der Waals surface area (Å²) in [5, 5.41) is 12.0. The highest BCUT2D eigenvalue weighted by molar-refractivity contribution is 5.77. The van der Waals surface area contributed by atoms with E-state index in [9.17, 15) is 9.59 Å². The van der Waals surface area contributed by atoms with Crippen LogP contribution in [0.4, 0.5) is 0 Å². The first kappa shape index (κ1) is 15.0. The van der Waals surface area contributed by atoms with Gasteiger partial charge in [0.05, 0.1) is 0 Å². The lowest BCUT2D eigenvalue weighted by atomic mass is 9.94. The first-order valence-electron chi connectivity index (χ1n) is 6.75. The molecule has 0 aromatic heterocycles. The van der Waals surface area contributed by atoms with Gasteiger partial charge in [0.15, 0.2) is 0 Å². The number of rotatable bonds is 6. The average molecular weight is 256 g/mol. The Balaban J connectivity index is 2.40. The van der Waals surface area contributed by atoms with Crippen LogP contribution in [0.25, 0.3) is 0 Å². The SMILES string of the molecule is CCNC(C)CC(=O)N1CCCC(CC(=O)O)C1. The molecule has 18 heavy (non-hydrogen) atoms. The van der Waals surface area contributed by atoms with Crippen LogP contribution in [0.15, 0.2) is 0 Å². The van der Waals surface area contributed by atoms with Crippen LogP contribution in [-0.2, 0) is 9.59 Å². The van der Waals surface area contributed by atoms with Crippen LogP contribution in [0.2, 0.25) is 0 Å². The number of aliphatic carboxylic acids is 1. The average Bonchev–Trinajstić information content (AvgIpc) is 2.28. The molecule has 1 amide bonds. The summed E-state index contributed by atoms with van der Waals surface area (Å²) in [6.07, 6.45) is 2.50. The molecule has 0 radical (unpaired) electrons. The highest BCUT2D eigenvalue weighted by atomic mass is 16.4. The van der Waals surface area contributed by atoms with Crippen LogP contribution in [0.3, 0.4) is 0 Å². The van der Waals surface area contributed by atoms with E-state index < -0.39 is 5.97 Å². The zero-order valence-electron chi connectivity index (χ0n) is 11.3. The summed E-state index contributed by atoms with van der Waals surface area (Å²) in [7, 11) is 0. The maximum Gasteiger partial charge on any atom is 0.303 e. The summed E-state index contributed by atoms with van der Waals surface area (Å²) in [6, 6.07) is 0.183. The zero-order valence-corrected chi connectivity index (χ0v) is 11.3. The van der Waals surface area contributed by atoms with Crippen molar-refractivity contribution in [1.82, 2.24) is 10.2 Å². The Morgan fingerprint density at radius 1 is 1.50 bits per heavy atom. The van der Waals surface area contributed by atoms with Crippen molar-refractivity contribution in [3.8, 4) is 0 Å². The molecule has 0 bridgehead atoms. The molecule has 0 aromatic carbocycles. The predicted molar refractivity (Wildman–Crippen MR) is 69.3 cm³/mol. The summed E-state index contributed by atoms with van der Waals surface area (Å²) >= 11 is 0. The van der Waals surface area contributed by atoms with E-state index in [1.165, 1.54) is 0 Å². The molecule has 2 atom stereocenters. The largest absolute Gasteiger partial charge is 0.481 e. The van der Waals surface area contributed by atoms with Crippen molar-refractivity contribution in [2.24, 2.45) is 5.92 Å². The fourth-order valence-electron chi connectivity index (χ4n) is 2.52. The molecule has 2 unspecified atom stereocenters. The molecule has 2 N–H and O–H groups in total. The Morgan fingerprint density at radius 2 is 2.22 bits per heavy atom. The van der Waals surface area contributed by atoms with E-state index in [0.717, 1.165) is 25.9 Å². The van der Waals surface area contributed by atoms with Gasteiger partial charge in [-0.1, -0.05) is 6.92 Å². The molecular weight excluding hydrogens is 232 g/mol. The minimum Gasteiger partial charge on any atom is -0.481 e. The van der Waals surface area contributed by atoms with Crippen molar-refractivity contribution in [2.45, 2.75) is 45.6 Å². The molecular formula is C13H24N2O3. The molecule has 0 aromatic rings. The van der Waals surface area contributed by atoms with E-state index in [-0.39, 0.29) is 24.3 Å². The molecule has 104 valence electrons. The number of hydrogen-bond donors (Lipinski definition) is 2. The van der Waals surface area contributed by atoms with Crippen molar-refractivity contribution in [1.29, 1.82) is 0 Å². The minimum absolute atomic E-state index is 0.120. The van der Waals surface area contributed by atoms with Crippen molar-refractivity contribution >= 4 is 11.9 Å². The highest BCUT2D eigenvalue weighted by Crippen LogP contribution is 2.20. The van der Waals surface area contributed by atoms with Gasteiger partial charge in [-0.25, -0.2) is 0 Å². The summed E-state index contributed by atoms with van der Waals surface area (Å²) in [6.45, 7) is 6.25. The lowest BCUT2D eigenvalue weighted by Gasteiger charge is -2.32. The molecule has 1 aliphatic heterocycles. The van der Waals surface area contributed by atoms with Gasteiger partial charge in [-0.2, -0.15) is 0 Å². The Bertz CT molecular complexity index is 294. The van der Waals surface area contributed by atoms with Gasteiger partial charge in [-0.15, -0.1) is 0 Å². The fourth-order valence-corrected chi connectivity index (χ4v) is 2.52. The van der Waals surface area contributed by atoms with E-state index in [1.54, 1.807) is 0 Å². The molecule has 1 heterocycles. The van der Waals surface area contributed by atoms with Crippen molar-refractivity contribution in [2.75, 3.05) is 19.6 Å². The van der Waals surface area contributed by atoms with Crippen LogP contribution >= 0.6 is 0 Å². The second-order valence-electron chi connectivity index (χ2n) is 5.11. The van der Waals surface area contributed by atoms with E-state index >= 15 is 0 Å². The van der Waals surface area contributed by atoms with Gasteiger partial charge >= 0.3 is 5.97 Å². The first-order chi connectivity index (χ1) is 8.52. The smallest absolute Gasteiger partial charge is 0.303 e. The van der Waals surface area contributed by atoms with Crippen LogP contribution in [0.5, 0.6) is 0 Å². The number of likely N-dealkylation sites (tertiary alicyclic amines) is 1. The second-order valence-corrected chi connectivity index (χ2v) is 5.11. The number of carboxylic acid groups (broad SMARTS) is 1. The molecule has 5 nitrogen and oxygen atoms in total. The van der Waals surface area contributed by atoms with Gasteiger partial charge in [0.2, 0.25) is 5.91 Å². The van der Waals surface area contributed by atoms with Gasteiger partial charge in [0.25, 0.3) is 0 Å². The van der Waals surface area contributed by atoms with E-state index in [0.29, 0.717) is 13.0 Å². The Morgan fingerprint density at radius 3 is 2.83 bits per heavy atom. The molecule has 1 rings (SSSR count). The third-order valence-electron chi connectivity index (χ3n) is 3.37. The van der Waals surface area contributed by atoms with Crippen LogP contribution < -0.4 is 5.32 Å². The number of nitrogens with zero attached hydrogens (tertiary/aromatic N) is 1. The molecule has 0 aliphatic carbocycles. The van der Waals surface area contributed by atoms with Crippen molar-refractivity contribution in [3.05, 3.63) is 0 Å². The summed E-state index contributed by atoms with van der Waals surface area (Å²) in [5.41, 5.74) is 0. The predicted octanol–water partition coefficient (Wildman–Crippen LogP) is 1.09. The zero-order chi connectivity index (χ0) is 13.5. The number of amides is 1. The van der Waals surface area contributed by atoms with E-state index in [1.807, 2.05) is 18.7 Å². The summed E-state index contributed by atoms with van der Waals surface area (Å²) in [5.74, 6) is -0.511. The Labute approximate surface area is 109 Å². The van der Waals surface area contributed by atoms with Gasteiger partial charge in [0.1, 0.15) is 0 Å². The molecule has 0 saturated carbocycles. The van der Waals surface area contributed by atoms with Gasteiger partial charge in [-0.05, 0) is 32.2 Å². The van der Waals surface area contributed by atoms with Crippen molar-refractivity contribution in [3.63, 3.8) is 0 Å². The van der Waals surface area contributed by atoms with Crippen LogP contribution in [0.1, 0.15) is 39.5 Å². The third-order valence-corrected chi connectivity index (χ3v) is 3.37. The quantitative estimate of drug-likeness (QED) is 0.746. The lowest BCUT2D eigenvalue weighted by Crippen LogP contribution is -2.43. The van der Waals surface area contributed by atoms with Gasteiger partial charge in [-0.3, -0.25) is 9.59 Å². The normalized spacial score (nSPS) is 21.7. The van der Waals surface area contributed by atoms with Gasteiger partial charge in [0, 0.05) is 32.0 Å². The maximum atomic E-state index is 12.1. The number of carbonyl (C=O) groups excluding carboxylic acids is 1. The molecule has 1 aliphatic rings. The lowest BCUT2D eigenvalue weighted by molar-refractivity contribution is -0.140. The highest BCUT2D eigenvalue weighted by Gasteiger charge is 2.25. The topological polar surface area (TPSA) is 69.6 Å². The van der Waals surface area contributed by atoms with Crippen molar-refractivity contribution < 1.29 is 14.7 Å². The maximum absolute atomic E-state index is 12.1. The second kappa shape index (κ2) is 7.36. The van der Waals surface area contributed by atoms with Crippen LogP contribution in [-0.4, -0.2) is 47.6 Å². The Hall–Kier alpha value is -1.10. The van der Waals surface area contributed by atoms with E-state index in [4.69, 9.17) is 5.11 Å². The number of hydrogen-bond acceptors (Lipinski definition) is 3. The fraction of sp³-hybridized carbons (Fsp3) is 0.846. The number of piperidine rings is 1. The van der Waals surface area contributed by atoms with Crippen LogP contribution in [0, 0.1) is 5.92 Å². The summed E-state index contributed by atoms with van der Waals surface area (Å²) < 4.78 is 0. The number of nitrogens with one attached hydrogen (secondary N) is 1. The molecule has 5 heteroatoms. The number of carbonyl (C=O) groups is 2. The van der Waals surface area contributed by atoms with Gasteiger partial charge < -0.3 is 15.3 Å². The third kappa shape index (κ3) is 5.04. The molecule has 1 saturated heterocycles.